The maximum atomic E-state index is 10.6. The summed E-state index contributed by atoms with van der Waals surface area (Å²) in [5, 5.41) is 14.8. The number of rotatable bonds is 1. The molecule has 0 saturated carbocycles. The van der Waals surface area contributed by atoms with Gasteiger partial charge >= 0.3 is 0 Å². The van der Waals surface area contributed by atoms with Crippen molar-refractivity contribution in [2.75, 3.05) is 0 Å². The topological polar surface area (TPSA) is 113 Å². The van der Waals surface area contributed by atoms with Crippen LogP contribution in [-0.4, -0.2) is 11.0 Å². The first-order chi connectivity index (χ1) is 6.43. The van der Waals surface area contributed by atoms with E-state index in [0.29, 0.717) is 5.56 Å². The lowest BCUT2D eigenvalue weighted by atomic mass is 10.3. The van der Waals surface area contributed by atoms with Crippen molar-refractivity contribution in [2.45, 2.75) is 0 Å². The highest BCUT2D eigenvalue weighted by molar-refractivity contribution is 5.92. The fraction of sp³-hybridized carbons (Fsp3) is 0.143. The summed E-state index contributed by atoms with van der Waals surface area (Å²) in [4.78, 5) is 18.8. The lowest BCUT2D eigenvalue weighted by Gasteiger charge is -1.89. The van der Waals surface area contributed by atoms with Crippen LogP contribution in [-0.2, 0) is 7.05 Å². The summed E-state index contributed by atoms with van der Waals surface area (Å²) in [5.41, 5.74) is 5.56. The molecule has 1 aromatic rings. The Morgan fingerprint density at radius 2 is 2.07 bits per heavy atom. The molecule has 2 N–H and O–H groups in total. The van der Waals surface area contributed by atoms with E-state index in [1.54, 1.807) is 22.9 Å². The molecule has 7 heteroatoms. The van der Waals surface area contributed by atoms with E-state index in [1.807, 2.05) is 13.2 Å². The molecule has 1 rings (SSSR count). The number of nitrogens with two attached hydrogens (primary N) is 1. The van der Waals surface area contributed by atoms with E-state index < -0.39 is 11.0 Å². The molecule has 1 aromatic heterocycles. The first-order valence-electron chi connectivity index (χ1n) is 3.50. The predicted octanol–water partition coefficient (Wildman–Crippen LogP) is -0.629. The average molecular weight is 199 g/mol. The summed E-state index contributed by atoms with van der Waals surface area (Å²) < 4.78 is 1.78. The standard InChI is InChI=1S/C7H8N2O.NO3/c1-9-4-2-3-6(5-9)7(8)10;2-1(3)4/h2-5H,1H3,(H-,8,10);/q;-1/p+1. The van der Waals surface area contributed by atoms with Crippen LogP contribution in [0.3, 0.4) is 0 Å². The van der Waals surface area contributed by atoms with Gasteiger partial charge in [-0.3, -0.25) is 4.79 Å². The summed E-state index contributed by atoms with van der Waals surface area (Å²) in [6, 6.07) is 3.46. The quantitative estimate of drug-likeness (QED) is 0.368. The molecule has 0 radical (unpaired) electrons. The fourth-order valence-electron chi connectivity index (χ4n) is 0.734. The number of nitrogens with zero attached hydrogens (tertiary/aromatic N) is 2. The zero-order valence-electron chi connectivity index (χ0n) is 7.41. The molecule has 0 spiro atoms. The van der Waals surface area contributed by atoms with Crippen LogP contribution >= 0.6 is 0 Å². The number of aryl methyl sites for hydroxylation is 1. The highest BCUT2D eigenvalue weighted by Crippen LogP contribution is 1.89. The first-order valence-corrected chi connectivity index (χ1v) is 3.50. The van der Waals surface area contributed by atoms with E-state index >= 15 is 0 Å². The van der Waals surface area contributed by atoms with E-state index in [-0.39, 0.29) is 0 Å². The molecule has 1 amide bonds. The predicted molar refractivity (Wildman–Crippen MR) is 46.5 cm³/mol. The van der Waals surface area contributed by atoms with Gasteiger partial charge in [0.2, 0.25) is 0 Å². The summed E-state index contributed by atoms with van der Waals surface area (Å²) in [6.07, 6.45) is 3.52. The smallest absolute Gasteiger partial charge is 0.254 e. The third kappa shape index (κ3) is 5.47. The molecule has 1 heterocycles. The zero-order chi connectivity index (χ0) is 11.1. The van der Waals surface area contributed by atoms with Crippen molar-refractivity contribution >= 4 is 5.91 Å². The Morgan fingerprint density at radius 1 is 1.57 bits per heavy atom. The SMILES string of the molecule is C[n+]1cccc(C(N)=O)c1.O=[N+]([O-])[O-]. The molecule has 0 aliphatic carbocycles. The summed E-state index contributed by atoms with van der Waals surface area (Å²) in [6.45, 7) is 0. The van der Waals surface area contributed by atoms with E-state index in [9.17, 15) is 4.79 Å². The highest BCUT2D eigenvalue weighted by Gasteiger charge is 2.02. The lowest BCUT2D eigenvalue weighted by molar-refractivity contribution is -0.671. The van der Waals surface area contributed by atoms with Gasteiger partial charge in [-0.1, -0.05) is 0 Å². The molecular weight excluding hydrogens is 190 g/mol. The number of primary amides is 1. The molecule has 0 aliphatic heterocycles. The van der Waals surface area contributed by atoms with Crippen molar-refractivity contribution in [1.82, 2.24) is 0 Å². The molecule has 0 saturated heterocycles. The van der Waals surface area contributed by atoms with Crippen molar-refractivity contribution in [3.63, 3.8) is 0 Å². The van der Waals surface area contributed by atoms with Crippen LogP contribution in [0.4, 0.5) is 0 Å². The third-order valence-corrected chi connectivity index (χ3v) is 1.22. The minimum atomic E-state index is -1.75. The Balaban J connectivity index is 0.000000364. The van der Waals surface area contributed by atoms with Gasteiger partial charge < -0.3 is 21.1 Å². The maximum Gasteiger partial charge on any atom is 0.254 e. The van der Waals surface area contributed by atoms with Crippen LogP contribution in [0.25, 0.3) is 0 Å². The summed E-state index contributed by atoms with van der Waals surface area (Å²) in [7, 11) is 1.84. The molecule has 0 fully saturated rings. The number of hydrogen-bond acceptors (Lipinski definition) is 4. The minimum absolute atomic E-state index is 0.392. The van der Waals surface area contributed by atoms with Gasteiger partial charge in [-0.05, 0) is 6.07 Å². The molecule has 0 unspecified atom stereocenters. The van der Waals surface area contributed by atoms with Crippen LogP contribution in [0.2, 0.25) is 0 Å². The molecule has 0 bridgehead atoms. The molecule has 7 nitrogen and oxygen atoms in total. The number of carbonyl (C=O) groups is 1. The second kappa shape index (κ2) is 5.46. The Morgan fingerprint density at radius 3 is 2.36 bits per heavy atom. The summed E-state index contributed by atoms with van der Waals surface area (Å²) in [5.74, 6) is -0.392. The second-order valence-corrected chi connectivity index (χ2v) is 2.35. The lowest BCUT2D eigenvalue weighted by Crippen LogP contribution is -2.28. The van der Waals surface area contributed by atoms with Crippen molar-refractivity contribution < 1.29 is 14.4 Å². The van der Waals surface area contributed by atoms with Crippen LogP contribution < -0.4 is 10.3 Å². The molecule has 76 valence electrons. The first kappa shape index (κ1) is 11.8. The van der Waals surface area contributed by atoms with E-state index in [4.69, 9.17) is 21.1 Å². The number of hydrogen-bond donors (Lipinski definition) is 1. The molecule has 0 atom stereocenters. The van der Waals surface area contributed by atoms with Crippen LogP contribution in [0.15, 0.2) is 24.5 Å². The Kier molecular flexibility index (Phi) is 4.61. The van der Waals surface area contributed by atoms with Gasteiger partial charge in [0.05, 0.1) is 5.09 Å². The molecule has 0 aliphatic rings. The van der Waals surface area contributed by atoms with Gasteiger partial charge in [0.1, 0.15) is 12.6 Å². The second-order valence-electron chi connectivity index (χ2n) is 2.35. The normalized spacial score (nSPS) is 8.36. The molecule has 14 heavy (non-hydrogen) atoms. The van der Waals surface area contributed by atoms with E-state index in [2.05, 4.69) is 0 Å². The monoisotopic (exact) mass is 199 g/mol. The Hall–Kier alpha value is -2.18. The van der Waals surface area contributed by atoms with Crippen LogP contribution in [0.5, 0.6) is 0 Å². The van der Waals surface area contributed by atoms with E-state index in [1.165, 1.54) is 0 Å². The number of amides is 1. The molecule has 0 aromatic carbocycles. The van der Waals surface area contributed by atoms with Gasteiger partial charge in [0, 0.05) is 6.07 Å². The highest BCUT2D eigenvalue weighted by atomic mass is 16.9. The third-order valence-electron chi connectivity index (χ3n) is 1.22. The van der Waals surface area contributed by atoms with Gasteiger partial charge in [0.25, 0.3) is 5.91 Å². The largest absolute Gasteiger partial charge is 0.365 e. The van der Waals surface area contributed by atoms with Gasteiger partial charge in [-0.15, -0.1) is 0 Å². The van der Waals surface area contributed by atoms with Crippen molar-refractivity contribution in [3.8, 4) is 0 Å². The zero-order valence-corrected chi connectivity index (χ0v) is 7.41. The fourth-order valence-corrected chi connectivity index (χ4v) is 0.734. The van der Waals surface area contributed by atoms with Gasteiger partial charge in [-0.25, -0.2) is 4.57 Å². The van der Waals surface area contributed by atoms with Crippen molar-refractivity contribution in [3.05, 3.63) is 45.4 Å². The summed E-state index contributed by atoms with van der Waals surface area (Å²) >= 11 is 0. The van der Waals surface area contributed by atoms with Crippen molar-refractivity contribution in [1.29, 1.82) is 0 Å². The van der Waals surface area contributed by atoms with Gasteiger partial charge in [-0.2, -0.15) is 0 Å². The average Bonchev–Trinajstić information content (AvgIpc) is 2.03. The van der Waals surface area contributed by atoms with Gasteiger partial charge in [0.15, 0.2) is 12.4 Å². The minimum Gasteiger partial charge on any atom is -0.365 e. The Bertz CT molecular complexity index is 335. The van der Waals surface area contributed by atoms with Crippen LogP contribution in [0.1, 0.15) is 10.4 Å². The Labute approximate surface area is 79.5 Å². The maximum absolute atomic E-state index is 10.6. The van der Waals surface area contributed by atoms with Crippen molar-refractivity contribution in [2.24, 2.45) is 12.8 Å². The van der Waals surface area contributed by atoms with Crippen LogP contribution in [0, 0.1) is 15.3 Å². The number of carbonyl (C=O) groups excluding carboxylic acids is 1. The number of pyridine rings is 1. The van der Waals surface area contributed by atoms with E-state index in [0.717, 1.165) is 0 Å². The molecular formula is C7H9N3O4. The number of aromatic nitrogens is 1.